The third kappa shape index (κ3) is 3.92. The molecule has 2 rings (SSSR count). The van der Waals surface area contributed by atoms with Crippen molar-refractivity contribution in [2.45, 2.75) is 15.7 Å². The molecule has 1 fully saturated rings. The quantitative estimate of drug-likeness (QED) is 0.610. The molecular weight excluding hydrogens is 336 g/mol. The largest absolute Gasteiger partial charge is 0.295 e. The molecule has 0 bridgehead atoms. The summed E-state index contributed by atoms with van der Waals surface area (Å²) >= 11 is 2.03. The van der Waals surface area contributed by atoms with Gasteiger partial charge in [0.05, 0.1) is 5.11 Å². The maximum atomic E-state index is 4.68. The molecule has 0 aromatic rings. The lowest BCUT2D eigenvalue weighted by atomic mass is 11.0. The predicted octanol–water partition coefficient (Wildman–Crippen LogP) is 2.17. The molecule has 0 aromatic carbocycles. The van der Waals surface area contributed by atoms with Gasteiger partial charge < -0.3 is 0 Å². The van der Waals surface area contributed by atoms with Crippen LogP contribution in [0, 0.1) is 0 Å². The lowest BCUT2D eigenvalue weighted by molar-refractivity contribution is 0.0701. The second kappa shape index (κ2) is 7.50. The van der Waals surface area contributed by atoms with Crippen molar-refractivity contribution in [3.63, 3.8) is 0 Å². The van der Waals surface area contributed by atoms with Crippen molar-refractivity contribution in [1.29, 1.82) is 0 Å². The Hall–Kier alpha value is 1.26. The zero-order valence-electron chi connectivity index (χ0n) is 11.7. The molecule has 2 aliphatic rings. The lowest BCUT2D eigenvalue weighted by Crippen LogP contribution is -2.36. The number of nitrogens with zero attached hydrogens (tertiary/aromatic N) is 4. The second-order valence-corrected chi connectivity index (χ2v) is 10.6. The minimum Gasteiger partial charge on any atom is -0.295 e. The van der Waals surface area contributed by atoms with E-state index in [0.29, 0.717) is 15.7 Å². The third-order valence-electron chi connectivity index (χ3n) is 2.98. The highest BCUT2D eigenvalue weighted by molar-refractivity contribution is 8.83. The molecule has 5 atom stereocenters. The van der Waals surface area contributed by atoms with Crippen LogP contribution in [0.15, 0.2) is 4.99 Å². The molecule has 0 amide bonds. The molecule has 110 valence electrons. The van der Waals surface area contributed by atoms with Crippen LogP contribution in [0.1, 0.15) is 0 Å². The van der Waals surface area contributed by atoms with E-state index in [1.807, 2.05) is 22.6 Å². The molecule has 2 aliphatic heterocycles. The maximum Gasteiger partial charge on any atom is 0.184 e. The molecule has 5 nitrogen and oxygen atoms in total. The monoisotopic (exact) mass is 357 g/mol. The summed E-state index contributed by atoms with van der Waals surface area (Å²) in [6, 6.07) is 0. The van der Waals surface area contributed by atoms with E-state index in [2.05, 4.69) is 59.9 Å². The minimum absolute atomic E-state index is 0.310. The number of thioether (sulfide) groups is 1. The van der Waals surface area contributed by atoms with Crippen LogP contribution in [0.3, 0.4) is 0 Å². The Bertz CT molecular complexity index is 348. The van der Waals surface area contributed by atoms with Crippen LogP contribution in [0.25, 0.3) is 0 Å². The Labute approximate surface area is 131 Å². The molecule has 0 spiro atoms. The summed E-state index contributed by atoms with van der Waals surface area (Å²) in [4.78, 5) is 4.68. The van der Waals surface area contributed by atoms with Gasteiger partial charge in [0, 0.05) is 21.1 Å². The number of amidine groups is 1. The molecule has 0 saturated carbocycles. The first-order valence-electron chi connectivity index (χ1n) is 5.93. The number of hydrazine groups is 2. The van der Waals surface area contributed by atoms with Gasteiger partial charge in [-0.1, -0.05) is 28.0 Å². The fraction of sp³-hybridized carbons (Fsp3) is 0.889. The van der Waals surface area contributed by atoms with E-state index in [-0.39, 0.29) is 0 Å². The van der Waals surface area contributed by atoms with Crippen LogP contribution in [0.4, 0.5) is 0 Å². The van der Waals surface area contributed by atoms with Crippen molar-refractivity contribution in [2.75, 3.05) is 34.5 Å². The first-order chi connectivity index (χ1) is 9.06. The average Bonchev–Trinajstić information content (AvgIpc) is 2.90. The minimum atomic E-state index is 0.310. The van der Waals surface area contributed by atoms with Crippen LogP contribution in [0.5, 0.6) is 0 Å². The van der Waals surface area contributed by atoms with E-state index >= 15 is 0 Å². The Kier molecular flexibility index (Phi) is 6.56. The first-order valence-corrected chi connectivity index (χ1v) is 12.2. The van der Waals surface area contributed by atoms with Gasteiger partial charge in [0.2, 0.25) is 0 Å². The van der Waals surface area contributed by atoms with Gasteiger partial charge in [0.1, 0.15) is 10.6 Å². The van der Waals surface area contributed by atoms with E-state index in [1.54, 1.807) is 10.8 Å². The van der Waals surface area contributed by atoms with Crippen molar-refractivity contribution >= 4 is 55.7 Å². The van der Waals surface area contributed by atoms with Gasteiger partial charge in [0.15, 0.2) is 5.17 Å². The Morgan fingerprint density at radius 3 is 2.47 bits per heavy atom. The highest BCUT2D eigenvalue weighted by atomic mass is 33.1. The van der Waals surface area contributed by atoms with E-state index in [1.165, 1.54) is 0 Å². The summed E-state index contributed by atoms with van der Waals surface area (Å²) in [5.74, 6) is 0.310. The molecular formula is C9H21N5P2S3. The summed E-state index contributed by atoms with van der Waals surface area (Å²) in [6.45, 7) is 4.46. The van der Waals surface area contributed by atoms with Gasteiger partial charge in [-0.2, -0.15) is 5.01 Å². The van der Waals surface area contributed by atoms with Crippen molar-refractivity contribution < 1.29 is 0 Å². The molecule has 1 saturated heterocycles. The van der Waals surface area contributed by atoms with E-state index in [9.17, 15) is 0 Å². The Morgan fingerprint density at radius 2 is 1.95 bits per heavy atom. The highest BCUT2D eigenvalue weighted by Crippen LogP contribution is 2.48. The number of rotatable bonds is 4. The smallest absolute Gasteiger partial charge is 0.184 e. The molecule has 1 N–H and O–H groups in total. The SMILES string of the molecule is CPC1N=C(SSC2SC(PC)N(C)N2C)NN1C. The number of hydrogen-bond acceptors (Lipinski definition) is 8. The zero-order chi connectivity index (χ0) is 14.0. The van der Waals surface area contributed by atoms with Gasteiger partial charge in [0.25, 0.3) is 0 Å². The van der Waals surface area contributed by atoms with E-state index < -0.39 is 0 Å². The fourth-order valence-corrected chi connectivity index (χ4v) is 8.39. The fourth-order valence-electron chi connectivity index (χ4n) is 1.76. The molecule has 0 radical (unpaired) electrons. The Morgan fingerprint density at radius 1 is 1.21 bits per heavy atom. The predicted molar refractivity (Wildman–Crippen MR) is 96.5 cm³/mol. The maximum absolute atomic E-state index is 4.68. The first kappa shape index (κ1) is 16.6. The van der Waals surface area contributed by atoms with Gasteiger partial charge in [-0.25, -0.2) is 15.0 Å². The summed E-state index contributed by atoms with van der Waals surface area (Å²) in [5.41, 5.74) is 3.32. The lowest BCUT2D eigenvalue weighted by Gasteiger charge is -2.24. The van der Waals surface area contributed by atoms with Gasteiger partial charge in [-0.3, -0.25) is 5.43 Å². The number of nitrogens with one attached hydrogen (secondary N) is 1. The van der Waals surface area contributed by atoms with Crippen LogP contribution < -0.4 is 5.43 Å². The van der Waals surface area contributed by atoms with Crippen LogP contribution in [-0.4, -0.2) is 70.4 Å². The summed E-state index contributed by atoms with van der Waals surface area (Å²) < 4.78 is 0.463. The zero-order valence-corrected chi connectivity index (χ0v) is 16.2. The van der Waals surface area contributed by atoms with Gasteiger partial charge in [-0.05, 0) is 24.1 Å². The van der Waals surface area contributed by atoms with Crippen molar-refractivity contribution in [3.8, 4) is 0 Å². The average molecular weight is 357 g/mol. The van der Waals surface area contributed by atoms with Crippen LogP contribution in [0.2, 0.25) is 0 Å². The standard InChI is InChI=1S/C9H21N5P2S3/c1-12-7(15-4)10-6(11-12)18-19-9-14(3)13(2)8(16-5)17-9/h7-9,15-16H,1-5H3,(H,10,11). The molecule has 2 heterocycles. The molecule has 19 heavy (non-hydrogen) atoms. The second-order valence-electron chi connectivity index (χ2n) is 4.23. The topological polar surface area (TPSA) is 34.1 Å². The molecule has 0 aromatic heterocycles. The summed E-state index contributed by atoms with van der Waals surface area (Å²) in [6.07, 6.45) is 0. The van der Waals surface area contributed by atoms with Crippen molar-refractivity contribution in [2.24, 2.45) is 4.99 Å². The van der Waals surface area contributed by atoms with E-state index in [0.717, 1.165) is 22.3 Å². The molecule has 5 unspecified atom stereocenters. The molecule has 0 aliphatic carbocycles. The van der Waals surface area contributed by atoms with E-state index in [4.69, 9.17) is 0 Å². The van der Waals surface area contributed by atoms with Crippen LogP contribution in [-0.2, 0) is 0 Å². The van der Waals surface area contributed by atoms with Crippen molar-refractivity contribution in [3.05, 3.63) is 0 Å². The Balaban J connectivity index is 1.83. The summed E-state index contributed by atoms with van der Waals surface area (Å²) in [5, 5.41) is 8.41. The number of aliphatic imine (C=N–C) groups is 1. The number of hydrogen-bond donors (Lipinski definition) is 1. The molecule has 10 heteroatoms. The van der Waals surface area contributed by atoms with Gasteiger partial charge in [-0.15, -0.1) is 11.8 Å². The summed E-state index contributed by atoms with van der Waals surface area (Å²) in [7, 11) is 11.8. The normalized spacial score (nSPS) is 35.0. The van der Waals surface area contributed by atoms with Gasteiger partial charge >= 0.3 is 0 Å². The van der Waals surface area contributed by atoms with Crippen LogP contribution >= 0.6 is 50.5 Å². The third-order valence-corrected chi connectivity index (χ3v) is 10.3. The highest BCUT2D eigenvalue weighted by Gasteiger charge is 2.35. The van der Waals surface area contributed by atoms with Crippen molar-refractivity contribution in [1.82, 2.24) is 20.5 Å².